The Balaban J connectivity index is 1.91. The molecule has 2 fully saturated rings. The third-order valence-corrected chi connectivity index (χ3v) is 8.44. The lowest BCUT2D eigenvalue weighted by Crippen LogP contribution is -2.57. The molecule has 0 radical (unpaired) electrons. The molecular formula is C21H28N2O5S. The molecule has 0 aliphatic carbocycles. The number of hydrogen-bond donors (Lipinski definition) is 1. The van der Waals surface area contributed by atoms with Gasteiger partial charge in [-0.3, -0.25) is 14.4 Å². The van der Waals surface area contributed by atoms with Crippen LogP contribution in [0.25, 0.3) is 0 Å². The summed E-state index contributed by atoms with van der Waals surface area (Å²) < 4.78 is 3.86. The molecule has 0 bridgehead atoms. The first-order chi connectivity index (χ1) is 13.7. The number of ether oxygens (including phenoxy) is 1. The van der Waals surface area contributed by atoms with Gasteiger partial charge in [0.15, 0.2) is 0 Å². The SMILES string of the molecule is CC(C)N1CC=C[C@]23S[C@]4(C)C=CCOC(=O)[C@@H]4[C@H]2C(=O)N([C@H](C)CO)C3C1=O. The molecule has 0 aromatic carbocycles. The van der Waals surface area contributed by atoms with Gasteiger partial charge in [0.2, 0.25) is 11.8 Å². The van der Waals surface area contributed by atoms with Crippen LogP contribution in [0.5, 0.6) is 0 Å². The standard InChI is InChI=1S/C21H28N2O5S/c1-12(2)22-9-5-8-21-14(15-19(27)28-10-6-7-20(15,4)29-21)17(25)23(13(3)11-24)16(21)18(22)26/h5-8,12-16,24H,9-11H2,1-4H3/t13-,14+,15+,16?,20-,21+/m1/s1. The summed E-state index contributed by atoms with van der Waals surface area (Å²) in [5.41, 5.74) is 0. The van der Waals surface area contributed by atoms with Crippen LogP contribution in [0.4, 0.5) is 0 Å². The molecule has 2 saturated heterocycles. The van der Waals surface area contributed by atoms with Crippen LogP contribution < -0.4 is 0 Å². The molecule has 8 heteroatoms. The number of esters is 1. The van der Waals surface area contributed by atoms with E-state index in [0.717, 1.165) is 0 Å². The lowest BCUT2D eigenvalue weighted by molar-refractivity contribution is -0.153. The van der Waals surface area contributed by atoms with Crippen LogP contribution in [-0.4, -0.2) is 80.1 Å². The van der Waals surface area contributed by atoms with Crippen LogP contribution in [0.15, 0.2) is 24.3 Å². The maximum atomic E-state index is 13.7. The molecule has 0 aromatic heterocycles. The Bertz CT molecular complexity index is 811. The van der Waals surface area contributed by atoms with Crippen molar-refractivity contribution in [3.8, 4) is 0 Å². The van der Waals surface area contributed by atoms with Gasteiger partial charge in [-0.25, -0.2) is 0 Å². The molecular weight excluding hydrogens is 392 g/mol. The summed E-state index contributed by atoms with van der Waals surface area (Å²) in [6.45, 7) is 7.99. The minimum absolute atomic E-state index is 0.0277. The second-order valence-electron chi connectivity index (χ2n) is 8.79. The number of thioether (sulfide) groups is 1. The Morgan fingerprint density at radius 3 is 2.55 bits per heavy atom. The van der Waals surface area contributed by atoms with Crippen molar-refractivity contribution in [2.24, 2.45) is 11.8 Å². The van der Waals surface area contributed by atoms with Gasteiger partial charge in [0.05, 0.1) is 29.2 Å². The normalized spacial score (nSPS) is 39.8. The summed E-state index contributed by atoms with van der Waals surface area (Å²) in [6.07, 6.45) is 7.69. The number of carbonyl (C=O) groups excluding carboxylic acids is 3. The monoisotopic (exact) mass is 420 g/mol. The minimum atomic E-state index is -0.874. The average molecular weight is 421 g/mol. The van der Waals surface area contributed by atoms with Gasteiger partial charge >= 0.3 is 5.97 Å². The number of cyclic esters (lactones) is 1. The van der Waals surface area contributed by atoms with E-state index in [1.165, 1.54) is 16.7 Å². The average Bonchev–Trinajstić information content (AvgIpc) is 2.92. The minimum Gasteiger partial charge on any atom is -0.461 e. The van der Waals surface area contributed by atoms with Crippen molar-refractivity contribution >= 4 is 29.5 Å². The van der Waals surface area contributed by atoms with Crippen molar-refractivity contribution in [2.45, 2.75) is 55.3 Å². The summed E-state index contributed by atoms with van der Waals surface area (Å²) >= 11 is 1.52. The van der Waals surface area contributed by atoms with Crippen LogP contribution in [0, 0.1) is 11.8 Å². The Kier molecular flexibility index (Phi) is 4.85. The number of aliphatic hydroxyl groups excluding tert-OH is 1. The fourth-order valence-electron chi connectivity index (χ4n) is 5.34. The maximum absolute atomic E-state index is 13.7. The van der Waals surface area contributed by atoms with E-state index in [2.05, 4.69) is 0 Å². The smallest absolute Gasteiger partial charge is 0.311 e. The number of fused-ring (bicyclic) bond motifs is 2. The predicted molar refractivity (Wildman–Crippen MR) is 109 cm³/mol. The predicted octanol–water partition coefficient (Wildman–Crippen LogP) is 0.974. The lowest BCUT2D eigenvalue weighted by atomic mass is 9.75. The van der Waals surface area contributed by atoms with E-state index in [9.17, 15) is 19.5 Å². The summed E-state index contributed by atoms with van der Waals surface area (Å²) in [5, 5.41) is 9.83. The van der Waals surface area contributed by atoms with Crippen LogP contribution in [0.2, 0.25) is 0 Å². The summed E-state index contributed by atoms with van der Waals surface area (Å²) in [6, 6.07) is -1.32. The van der Waals surface area contributed by atoms with Crippen LogP contribution in [-0.2, 0) is 19.1 Å². The number of hydrogen-bond acceptors (Lipinski definition) is 6. The Labute approximate surface area is 175 Å². The van der Waals surface area contributed by atoms with E-state index < -0.39 is 39.4 Å². The van der Waals surface area contributed by atoms with Crippen molar-refractivity contribution in [1.29, 1.82) is 0 Å². The van der Waals surface area contributed by atoms with Crippen molar-refractivity contribution in [1.82, 2.24) is 9.80 Å². The summed E-state index contributed by atoms with van der Waals surface area (Å²) in [4.78, 5) is 43.6. The second-order valence-corrected chi connectivity index (χ2v) is 10.6. The highest BCUT2D eigenvalue weighted by atomic mass is 32.2. The van der Waals surface area contributed by atoms with Crippen molar-refractivity contribution in [2.75, 3.05) is 19.8 Å². The molecule has 2 amide bonds. The fourth-order valence-corrected chi connectivity index (χ4v) is 7.48. The Morgan fingerprint density at radius 1 is 1.17 bits per heavy atom. The summed E-state index contributed by atoms with van der Waals surface area (Å²) in [7, 11) is 0. The zero-order chi connectivity index (χ0) is 21.1. The topological polar surface area (TPSA) is 87.2 Å². The van der Waals surface area contributed by atoms with E-state index in [1.807, 2.05) is 45.1 Å². The van der Waals surface area contributed by atoms with Gasteiger partial charge in [0.25, 0.3) is 0 Å². The third-order valence-electron chi connectivity index (χ3n) is 6.64. The molecule has 0 saturated carbocycles. The van der Waals surface area contributed by atoms with Crippen molar-refractivity contribution in [3.63, 3.8) is 0 Å². The first-order valence-corrected chi connectivity index (χ1v) is 11.0. The molecule has 4 aliphatic heterocycles. The highest BCUT2D eigenvalue weighted by molar-refractivity contribution is 8.02. The molecule has 7 nitrogen and oxygen atoms in total. The van der Waals surface area contributed by atoms with Gasteiger partial charge in [-0.1, -0.05) is 18.2 Å². The lowest BCUT2D eigenvalue weighted by Gasteiger charge is -2.39. The second kappa shape index (κ2) is 6.87. The number of likely N-dealkylation sites (tertiary alicyclic amines) is 1. The maximum Gasteiger partial charge on any atom is 0.311 e. The van der Waals surface area contributed by atoms with Crippen LogP contribution >= 0.6 is 11.8 Å². The highest BCUT2D eigenvalue weighted by Crippen LogP contribution is 2.65. The quantitative estimate of drug-likeness (QED) is 0.541. The van der Waals surface area contributed by atoms with Gasteiger partial charge in [0, 0.05) is 17.3 Å². The number of amides is 2. The zero-order valence-corrected chi connectivity index (χ0v) is 18.0. The van der Waals surface area contributed by atoms with E-state index in [1.54, 1.807) is 11.8 Å². The number of nitrogens with zero attached hydrogens (tertiary/aromatic N) is 2. The Hall–Kier alpha value is -1.80. The number of rotatable bonds is 3. The molecule has 1 spiro atoms. The largest absolute Gasteiger partial charge is 0.461 e. The van der Waals surface area contributed by atoms with E-state index in [-0.39, 0.29) is 31.1 Å². The molecule has 4 heterocycles. The third kappa shape index (κ3) is 2.71. The van der Waals surface area contributed by atoms with Crippen LogP contribution in [0.3, 0.4) is 0 Å². The highest BCUT2D eigenvalue weighted by Gasteiger charge is 2.74. The van der Waals surface area contributed by atoms with Crippen molar-refractivity contribution in [3.05, 3.63) is 24.3 Å². The van der Waals surface area contributed by atoms with E-state index in [0.29, 0.717) is 6.54 Å². The first-order valence-electron chi connectivity index (χ1n) is 10.1. The zero-order valence-electron chi connectivity index (χ0n) is 17.2. The molecule has 29 heavy (non-hydrogen) atoms. The number of aliphatic hydroxyl groups is 1. The van der Waals surface area contributed by atoms with Gasteiger partial charge in [-0.05, 0) is 33.8 Å². The van der Waals surface area contributed by atoms with Gasteiger partial charge in [-0.15, -0.1) is 11.8 Å². The molecule has 158 valence electrons. The molecule has 0 aromatic rings. The summed E-state index contributed by atoms with van der Waals surface area (Å²) in [5.74, 6) is -2.18. The van der Waals surface area contributed by atoms with E-state index in [4.69, 9.17) is 4.74 Å². The number of carbonyl (C=O) groups is 3. The molecule has 6 atom stereocenters. The molecule has 4 aliphatic rings. The van der Waals surface area contributed by atoms with Gasteiger partial charge < -0.3 is 19.6 Å². The molecule has 4 rings (SSSR count). The van der Waals surface area contributed by atoms with Crippen LogP contribution in [0.1, 0.15) is 27.7 Å². The first kappa shape index (κ1) is 20.5. The van der Waals surface area contributed by atoms with Crippen molar-refractivity contribution < 1.29 is 24.2 Å². The molecule has 1 N–H and O–H groups in total. The van der Waals surface area contributed by atoms with Gasteiger partial charge in [0.1, 0.15) is 12.6 Å². The fraction of sp³-hybridized carbons (Fsp3) is 0.667. The Morgan fingerprint density at radius 2 is 1.90 bits per heavy atom. The van der Waals surface area contributed by atoms with Gasteiger partial charge in [-0.2, -0.15) is 0 Å². The molecule has 1 unspecified atom stereocenters. The van der Waals surface area contributed by atoms with E-state index >= 15 is 0 Å².